The van der Waals surface area contributed by atoms with Crippen LogP contribution in [0, 0.1) is 6.92 Å². The topological polar surface area (TPSA) is 63.5 Å². The number of hydrogen-bond donors (Lipinski definition) is 2. The Hall–Kier alpha value is -1.85. The van der Waals surface area contributed by atoms with Crippen LogP contribution >= 0.6 is 0 Å². The van der Waals surface area contributed by atoms with Crippen molar-refractivity contribution in [2.45, 2.75) is 38.5 Å². The SMILES string of the molecule is CO[C@@H]1CN[C@@H](C(=O)NC(C)c2oc3ccccc3c2C)C1. The summed E-state index contributed by atoms with van der Waals surface area (Å²) in [6, 6.07) is 7.56. The molecule has 1 aromatic carbocycles. The van der Waals surface area contributed by atoms with Crippen molar-refractivity contribution in [3.63, 3.8) is 0 Å². The van der Waals surface area contributed by atoms with Crippen molar-refractivity contribution in [3.05, 3.63) is 35.6 Å². The van der Waals surface area contributed by atoms with Crippen LogP contribution in [0.4, 0.5) is 0 Å². The second kappa shape index (κ2) is 6.10. The zero-order valence-electron chi connectivity index (χ0n) is 13.2. The van der Waals surface area contributed by atoms with Crippen LogP contribution in [0.2, 0.25) is 0 Å². The van der Waals surface area contributed by atoms with Gasteiger partial charge in [0.1, 0.15) is 11.3 Å². The normalized spacial score (nSPS) is 22.9. The fourth-order valence-corrected chi connectivity index (χ4v) is 3.07. The van der Waals surface area contributed by atoms with Crippen molar-refractivity contribution in [2.24, 2.45) is 0 Å². The number of methoxy groups -OCH3 is 1. The summed E-state index contributed by atoms with van der Waals surface area (Å²) < 4.78 is 11.2. The summed E-state index contributed by atoms with van der Waals surface area (Å²) in [5.41, 5.74) is 1.94. The molecule has 0 saturated carbocycles. The van der Waals surface area contributed by atoms with Gasteiger partial charge in [-0.1, -0.05) is 18.2 Å². The lowest BCUT2D eigenvalue weighted by atomic mass is 10.1. The maximum Gasteiger partial charge on any atom is 0.237 e. The third kappa shape index (κ3) is 2.74. The van der Waals surface area contributed by atoms with Gasteiger partial charge in [0, 0.05) is 24.6 Å². The molecule has 3 atom stereocenters. The van der Waals surface area contributed by atoms with E-state index in [1.54, 1.807) is 7.11 Å². The van der Waals surface area contributed by atoms with E-state index in [-0.39, 0.29) is 24.1 Å². The lowest BCUT2D eigenvalue weighted by molar-refractivity contribution is -0.123. The minimum Gasteiger partial charge on any atom is -0.459 e. The molecular weight excluding hydrogens is 280 g/mol. The number of rotatable bonds is 4. The van der Waals surface area contributed by atoms with E-state index in [4.69, 9.17) is 9.15 Å². The zero-order chi connectivity index (χ0) is 15.7. The molecule has 2 heterocycles. The first-order valence-corrected chi connectivity index (χ1v) is 7.64. The highest BCUT2D eigenvalue weighted by atomic mass is 16.5. The van der Waals surface area contributed by atoms with Gasteiger partial charge in [-0.05, 0) is 26.3 Å². The molecule has 2 aromatic rings. The van der Waals surface area contributed by atoms with Gasteiger partial charge in [0.15, 0.2) is 0 Å². The van der Waals surface area contributed by atoms with Crippen molar-refractivity contribution in [2.75, 3.05) is 13.7 Å². The maximum absolute atomic E-state index is 12.3. The number of ether oxygens (including phenoxy) is 1. The van der Waals surface area contributed by atoms with E-state index in [2.05, 4.69) is 10.6 Å². The highest BCUT2D eigenvalue weighted by Gasteiger charge is 2.30. The molecule has 2 N–H and O–H groups in total. The third-order valence-corrected chi connectivity index (χ3v) is 4.37. The molecule has 0 bridgehead atoms. The molecule has 0 spiro atoms. The van der Waals surface area contributed by atoms with E-state index in [1.165, 1.54) is 0 Å². The van der Waals surface area contributed by atoms with E-state index in [0.29, 0.717) is 13.0 Å². The summed E-state index contributed by atoms with van der Waals surface area (Å²) in [6.45, 7) is 4.69. The van der Waals surface area contributed by atoms with Gasteiger partial charge in [0.2, 0.25) is 5.91 Å². The molecule has 1 fully saturated rings. The lowest BCUT2D eigenvalue weighted by Crippen LogP contribution is -2.41. The maximum atomic E-state index is 12.3. The number of aryl methyl sites for hydroxylation is 1. The molecule has 3 rings (SSSR count). The second-order valence-corrected chi connectivity index (χ2v) is 5.87. The third-order valence-electron chi connectivity index (χ3n) is 4.37. The predicted octanol–water partition coefficient (Wildman–Crippen LogP) is 2.30. The van der Waals surface area contributed by atoms with Crippen LogP contribution in [0.5, 0.6) is 0 Å². The Bertz CT molecular complexity index is 680. The molecule has 1 aliphatic heterocycles. The van der Waals surface area contributed by atoms with Gasteiger partial charge < -0.3 is 19.8 Å². The van der Waals surface area contributed by atoms with Crippen LogP contribution in [0.3, 0.4) is 0 Å². The Morgan fingerprint density at radius 1 is 1.45 bits per heavy atom. The molecule has 22 heavy (non-hydrogen) atoms. The summed E-state index contributed by atoms with van der Waals surface area (Å²) in [5, 5.41) is 7.32. The van der Waals surface area contributed by atoms with Crippen molar-refractivity contribution < 1.29 is 13.9 Å². The number of amides is 1. The first-order chi connectivity index (χ1) is 10.6. The Kier molecular flexibility index (Phi) is 4.18. The number of furan rings is 1. The van der Waals surface area contributed by atoms with Gasteiger partial charge in [0.25, 0.3) is 0 Å². The standard InChI is InChI=1S/C17H22N2O3/c1-10-13-6-4-5-7-15(13)22-16(10)11(2)19-17(20)14-8-12(21-3)9-18-14/h4-7,11-12,14,18H,8-9H2,1-3H3,(H,19,20)/t11?,12-,14+/m0/s1. The quantitative estimate of drug-likeness (QED) is 0.909. The largest absolute Gasteiger partial charge is 0.459 e. The smallest absolute Gasteiger partial charge is 0.237 e. The minimum atomic E-state index is -0.197. The van der Waals surface area contributed by atoms with Crippen LogP contribution in [-0.2, 0) is 9.53 Å². The fraction of sp³-hybridized carbons (Fsp3) is 0.471. The molecule has 118 valence electrons. The van der Waals surface area contributed by atoms with Crippen molar-refractivity contribution in [1.82, 2.24) is 10.6 Å². The van der Waals surface area contributed by atoms with E-state index in [1.807, 2.05) is 38.1 Å². The van der Waals surface area contributed by atoms with E-state index in [9.17, 15) is 4.79 Å². The van der Waals surface area contributed by atoms with Crippen molar-refractivity contribution in [3.8, 4) is 0 Å². The summed E-state index contributed by atoms with van der Waals surface area (Å²) in [6.07, 6.45) is 0.813. The fourth-order valence-electron chi connectivity index (χ4n) is 3.07. The Balaban J connectivity index is 1.72. The highest BCUT2D eigenvalue weighted by molar-refractivity contribution is 5.84. The monoisotopic (exact) mass is 302 g/mol. The molecule has 1 amide bonds. The summed E-state index contributed by atoms with van der Waals surface area (Å²) >= 11 is 0. The molecule has 0 radical (unpaired) electrons. The Labute approximate surface area is 130 Å². The number of carbonyl (C=O) groups is 1. The molecule has 1 saturated heterocycles. The Morgan fingerprint density at radius 2 is 2.23 bits per heavy atom. The molecule has 1 unspecified atom stereocenters. The number of benzene rings is 1. The number of fused-ring (bicyclic) bond motifs is 1. The number of hydrogen-bond acceptors (Lipinski definition) is 4. The van der Waals surface area contributed by atoms with E-state index >= 15 is 0 Å². The molecular formula is C17H22N2O3. The number of nitrogens with one attached hydrogen (secondary N) is 2. The molecule has 1 aromatic heterocycles. The number of carbonyl (C=O) groups excluding carboxylic acids is 1. The van der Waals surface area contributed by atoms with Crippen molar-refractivity contribution in [1.29, 1.82) is 0 Å². The Morgan fingerprint density at radius 3 is 2.91 bits per heavy atom. The van der Waals surface area contributed by atoms with Gasteiger partial charge in [-0.2, -0.15) is 0 Å². The predicted molar refractivity (Wildman–Crippen MR) is 84.7 cm³/mol. The average Bonchev–Trinajstić information content (AvgIpc) is 3.12. The van der Waals surface area contributed by atoms with Crippen LogP contribution in [0.1, 0.15) is 30.7 Å². The van der Waals surface area contributed by atoms with Gasteiger partial charge in [0.05, 0.1) is 18.2 Å². The first-order valence-electron chi connectivity index (χ1n) is 7.64. The molecule has 5 heteroatoms. The van der Waals surface area contributed by atoms with Crippen LogP contribution in [0.15, 0.2) is 28.7 Å². The second-order valence-electron chi connectivity index (χ2n) is 5.87. The zero-order valence-corrected chi connectivity index (χ0v) is 13.2. The lowest BCUT2D eigenvalue weighted by Gasteiger charge is -2.16. The van der Waals surface area contributed by atoms with Gasteiger partial charge in [-0.25, -0.2) is 0 Å². The molecule has 5 nitrogen and oxygen atoms in total. The minimum absolute atomic E-state index is 0.00749. The van der Waals surface area contributed by atoms with Crippen LogP contribution in [0.25, 0.3) is 11.0 Å². The number of para-hydroxylation sites is 1. The average molecular weight is 302 g/mol. The van der Waals surface area contributed by atoms with Crippen LogP contribution in [-0.4, -0.2) is 31.7 Å². The molecule has 0 aliphatic carbocycles. The van der Waals surface area contributed by atoms with Gasteiger partial charge >= 0.3 is 0 Å². The highest BCUT2D eigenvalue weighted by Crippen LogP contribution is 2.29. The van der Waals surface area contributed by atoms with E-state index < -0.39 is 0 Å². The summed E-state index contributed by atoms with van der Waals surface area (Å²) in [4.78, 5) is 12.3. The van der Waals surface area contributed by atoms with Crippen molar-refractivity contribution >= 4 is 16.9 Å². The molecule has 1 aliphatic rings. The van der Waals surface area contributed by atoms with Crippen LogP contribution < -0.4 is 10.6 Å². The first kappa shape index (κ1) is 15.1. The van der Waals surface area contributed by atoms with Gasteiger partial charge in [-0.15, -0.1) is 0 Å². The summed E-state index contributed by atoms with van der Waals surface area (Å²) in [7, 11) is 1.67. The van der Waals surface area contributed by atoms with Gasteiger partial charge in [-0.3, -0.25) is 4.79 Å². The summed E-state index contributed by atoms with van der Waals surface area (Å²) in [5.74, 6) is 0.808. The van der Waals surface area contributed by atoms with E-state index in [0.717, 1.165) is 22.3 Å².